The summed E-state index contributed by atoms with van der Waals surface area (Å²) in [5, 5.41) is 9.09. The van der Waals surface area contributed by atoms with E-state index in [1.165, 1.54) is 6.33 Å². The first-order valence-corrected chi connectivity index (χ1v) is 5.32. The summed E-state index contributed by atoms with van der Waals surface area (Å²) >= 11 is 0. The third-order valence-corrected chi connectivity index (χ3v) is 2.63. The van der Waals surface area contributed by atoms with Crippen LogP contribution in [0.2, 0.25) is 0 Å². The van der Waals surface area contributed by atoms with Gasteiger partial charge in [-0.3, -0.25) is 0 Å². The predicted molar refractivity (Wildman–Crippen MR) is 59.1 cm³/mol. The van der Waals surface area contributed by atoms with E-state index in [2.05, 4.69) is 14.9 Å². The zero-order valence-corrected chi connectivity index (χ0v) is 9.04. The molecule has 0 saturated carbocycles. The Morgan fingerprint density at radius 1 is 1.50 bits per heavy atom. The van der Waals surface area contributed by atoms with Crippen LogP contribution in [0.25, 0.3) is 0 Å². The molecule has 0 amide bonds. The van der Waals surface area contributed by atoms with Gasteiger partial charge in [-0.1, -0.05) is 0 Å². The first-order chi connectivity index (χ1) is 7.83. The summed E-state index contributed by atoms with van der Waals surface area (Å²) < 4.78 is 5.28. The lowest BCUT2D eigenvalue weighted by Crippen LogP contribution is -2.38. The molecule has 1 atom stereocenters. The van der Waals surface area contributed by atoms with Crippen LogP contribution in [0.15, 0.2) is 12.5 Å². The van der Waals surface area contributed by atoms with Gasteiger partial charge in [0.2, 0.25) is 0 Å². The number of hydrogen-bond donors (Lipinski definition) is 2. The van der Waals surface area contributed by atoms with Crippen molar-refractivity contribution in [3.63, 3.8) is 0 Å². The molecule has 1 unspecified atom stereocenters. The molecule has 0 radical (unpaired) electrons. The van der Waals surface area contributed by atoms with Gasteiger partial charge in [-0.15, -0.1) is 0 Å². The Kier molecular flexibility index (Phi) is 3.66. The highest BCUT2D eigenvalue weighted by Gasteiger charge is 2.19. The molecule has 0 bridgehead atoms. The molecule has 1 saturated heterocycles. The van der Waals surface area contributed by atoms with E-state index in [1.54, 1.807) is 6.20 Å². The fourth-order valence-electron chi connectivity index (χ4n) is 1.73. The number of aliphatic hydroxyl groups is 1. The van der Waals surface area contributed by atoms with Crippen molar-refractivity contribution in [2.24, 2.45) is 5.73 Å². The number of aliphatic hydroxyl groups excluding tert-OH is 1. The van der Waals surface area contributed by atoms with Crippen LogP contribution in [0.3, 0.4) is 0 Å². The molecule has 16 heavy (non-hydrogen) atoms. The Hall–Kier alpha value is -1.24. The molecule has 1 aliphatic rings. The monoisotopic (exact) mass is 224 g/mol. The number of rotatable bonds is 3. The molecule has 0 spiro atoms. The average Bonchev–Trinajstić information content (AvgIpc) is 2.39. The van der Waals surface area contributed by atoms with Gasteiger partial charge in [0, 0.05) is 24.8 Å². The lowest BCUT2D eigenvalue weighted by Gasteiger charge is -2.30. The molecule has 1 aromatic rings. The van der Waals surface area contributed by atoms with E-state index in [0.717, 1.165) is 24.5 Å². The number of aromatic nitrogens is 2. The minimum Gasteiger partial charge on any atom is -0.394 e. The molecule has 0 aliphatic carbocycles. The first kappa shape index (κ1) is 11.3. The zero-order valence-electron chi connectivity index (χ0n) is 9.04. The molecular weight excluding hydrogens is 208 g/mol. The molecular formula is C10H16N4O2. The molecule has 1 fully saturated rings. The van der Waals surface area contributed by atoms with Gasteiger partial charge in [0.1, 0.15) is 12.1 Å². The van der Waals surface area contributed by atoms with Gasteiger partial charge >= 0.3 is 0 Å². The Labute approximate surface area is 94.1 Å². The summed E-state index contributed by atoms with van der Waals surface area (Å²) in [4.78, 5) is 10.3. The fourth-order valence-corrected chi connectivity index (χ4v) is 1.73. The number of ether oxygens (including phenoxy) is 1. The quantitative estimate of drug-likeness (QED) is 0.706. The average molecular weight is 224 g/mol. The van der Waals surface area contributed by atoms with Gasteiger partial charge in [-0.25, -0.2) is 9.97 Å². The van der Waals surface area contributed by atoms with Crippen molar-refractivity contribution in [3.05, 3.63) is 18.1 Å². The second-order valence-corrected chi connectivity index (χ2v) is 3.69. The van der Waals surface area contributed by atoms with E-state index in [-0.39, 0.29) is 6.61 Å². The number of nitrogens with two attached hydrogens (primary N) is 1. The Morgan fingerprint density at radius 3 is 2.94 bits per heavy atom. The van der Waals surface area contributed by atoms with Crippen LogP contribution in [0.4, 0.5) is 5.82 Å². The van der Waals surface area contributed by atoms with Crippen LogP contribution in [0.5, 0.6) is 0 Å². The Morgan fingerprint density at radius 2 is 2.25 bits per heavy atom. The normalized spacial score (nSPS) is 18.5. The maximum absolute atomic E-state index is 9.09. The molecule has 1 aliphatic heterocycles. The van der Waals surface area contributed by atoms with Crippen molar-refractivity contribution in [3.8, 4) is 0 Å². The topological polar surface area (TPSA) is 84.5 Å². The van der Waals surface area contributed by atoms with Gasteiger partial charge in [0.05, 0.1) is 25.9 Å². The van der Waals surface area contributed by atoms with Crippen molar-refractivity contribution < 1.29 is 9.84 Å². The first-order valence-electron chi connectivity index (χ1n) is 5.32. The van der Waals surface area contributed by atoms with Crippen molar-refractivity contribution in [1.82, 2.24) is 9.97 Å². The smallest absolute Gasteiger partial charge is 0.136 e. The summed E-state index contributed by atoms with van der Waals surface area (Å²) in [6, 6.07) is -0.431. The minimum atomic E-state index is -0.431. The zero-order chi connectivity index (χ0) is 11.4. The second-order valence-electron chi connectivity index (χ2n) is 3.69. The largest absolute Gasteiger partial charge is 0.394 e. The van der Waals surface area contributed by atoms with Gasteiger partial charge in [0.25, 0.3) is 0 Å². The third kappa shape index (κ3) is 2.29. The summed E-state index contributed by atoms with van der Waals surface area (Å²) in [7, 11) is 0. The van der Waals surface area contributed by atoms with Gasteiger partial charge in [-0.2, -0.15) is 0 Å². The van der Waals surface area contributed by atoms with Crippen molar-refractivity contribution in [2.45, 2.75) is 6.04 Å². The number of nitrogens with zero attached hydrogens (tertiary/aromatic N) is 3. The van der Waals surface area contributed by atoms with Crippen LogP contribution in [0, 0.1) is 0 Å². The van der Waals surface area contributed by atoms with E-state index in [4.69, 9.17) is 15.6 Å². The highest BCUT2D eigenvalue weighted by atomic mass is 16.5. The van der Waals surface area contributed by atoms with E-state index >= 15 is 0 Å². The van der Waals surface area contributed by atoms with E-state index in [9.17, 15) is 0 Å². The summed E-state index contributed by atoms with van der Waals surface area (Å²) in [6.07, 6.45) is 3.16. The standard InChI is InChI=1S/C10H16N4O2/c11-9(6-15)8-5-12-7-13-10(8)14-1-3-16-4-2-14/h5,7,9,15H,1-4,6,11H2. The van der Waals surface area contributed by atoms with Crippen LogP contribution >= 0.6 is 0 Å². The molecule has 6 heteroatoms. The molecule has 88 valence electrons. The summed E-state index contributed by atoms with van der Waals surface area (Å²) in [6.45, 7) is 2.87. The van der Waals surface area contributed by atoms with E-state index in [0.29, 0.717) is 13.2 Å². The number of hydrogen-bond acceptors (Lipinski definition) is 6. The van der Waals surface area contributed by atoms with Crippen molar-refractivity contribution in [2.75, 3.05) is 37.8 Å². The molecule has 1 aromatic heterocycles. The Balaban J connectivity index is 2.24. The number of anilines is 1. The van der Waals surface area contributed by atoms with Crippen LogP contribution in [-0.4, -0.2) is 48.0 Å². The summed E-state index contributed by atoms with van der Waals surface area (Å²) in [5.41, 5.74) is 6.60. The minimum absolute atomic E-state index is 0.106. The summed E-state index contributed by atoms with van der Waals surface area (Å²) in [5.74, 6) is 0.805. The van der Waals surface area contributed by atoms with Crippen LogP contribution in [-0.2, 0) is 4.74 Å². The van der Waals surface area contributed by atoms with Crippen LogP contribution in [0.1, 0.15) is 11.6 Å². The molecule has 2 rings (SSSR count). The maximum Gasteiger partial charge on any atom is 0.136 e. The second kappa shape index (κ2) is 5.20. The lowest BCUT2D eigenvalue weighted by molar-refractivity contribution is 0.122. The van der Waals surface area contributed by atoms with E-state index < -0.39 is 6.04 Å². The molecule has 3 N–H and O–H groups in total. The van der Waals surface area contributed by atoms with Gasteiger partial charge in [0.15, 0.2) is 0 Å². The van der Waals surface area contributed by atoms with Crippen molar-refractivity contribution in [1.29, 1.82) is 0 Å². The lowest BCUT2D eigenvalue weighted by atomic mass is 10.1. The maximum atomic E-state index is 9.09. The Bertz CT molecular complexity index is 341. The third-order valence-electron chi connectivity index (χ3n) is 2.63. The highest BCUT2D eigenvalue weighted by molar-refractivity contribution is 5.47. The van der Waals surface area contributed by atoms with Crippen LogP contribution < -0.4 is 10.6 Å². The predicted octanol–water partition coefficient (Wildman–Crippen LogP) is -0.695. The SMILES string of the molecule is NC(CO)c1cncnc1N1CCOCC1. The number of morpholine rings is 1. The molecule has 2 heterocycles. The molecule has 0 aromatic carbocycles. The van der Waals surface area contributed by atoms with E-state index in [1.807, 2.05) is 0 Å². The molecule has 6 nitrogen and oxygen atoms in total. The van der Waals surface area contributed by atoms with Crippen molar-refractivity contribution >= 4 is 5.82 Å². The van der Waals surface area contributed by atoms with Gasteiger partial charge in [-0.05, 0) is 0 Å². The highest BCUT2D eigenvalue weighted by Crippen LogP contribution is 2.22. The van der Waals surface area contributed by atoms with Gasteiger partial charge < -0.3 is 20.5 Å². The fraction of sp³-hybridized carbons (Fsp3) is 0.600.